The highest BCUT2D eigenvalue weighted by atomic mass is 32.1. The Morgan fingerprint density at radius 1 is 1.17 bits per heavy atom. The van der Waals surface area contributed by atoms with Crippen LogP contribution in [0.4, 0.5) is 5.82 Å². The van der Waals surface area contributed by atoms with Crippen molar-refractivity contribution in [1.29, 1.82) is 0 Å². The number of para-hydroxylation sites is 1. The minimum atomic E-state index is -0.0727. The number of morpholine rings is 1. The first-order chi connectivity index (χ1) is 14.3. The second kappa shape index (κ2) is 7.73. The van der Waals surface area contributed by atoms with Crippen LogP contribution in [0, 0.1) is 0 Å². The van der Waals surface area contributed by atoms with Gasteiger partial charge in [0.1, 0.15) is 12.1 Å². The number of ether oxygens (including phenoxy) is 1. The van der Waals surface area contributed by atoms with Crippen LogP contribution in [0.2, 0.25) is 0 Å². The Kier molecular flexibility index (Phi) is 4.79. The molecular formula is C21H19N5O2S. The summed E-state index contributed by atoms with van der Waals surface area (Å²) in [6.45, 7) is 1.77. The molecule has 0 saturated carbocycles. The van der Waals surface area contributed by atoms with E-state index in [1.165, 1.54) is 11.3 Å². The maximum Gasteiger partial charge on any atom is 0.174 e. The van der Waals surface area contributed by atoms with Gasteiger partial charge in [-0.2, -0.15) is 5.10 Å². The molecule has 1 aliphatic heterocycles. The Hall–Kier alpha value is -3.10. The van der Waals surface area contributed by atoms with Crippen molar-refractivity contribution in [3.05, 3.63) is 65.2 Å². The summed E-state index contributed by atoms with van der Waals surface area (Å²) >= 11 is 1.47. The normalized spacial score (nSPS) is 17.0. The van der Waals surface area contributed by atoms with Crippen molar-refractivity contribution >= 4 is 34.0 Å². The van der Waals surface area contributed by atoms with Gasteiger partial charge in [-0.1, -0.05) is 24.3 Å². The number of fused-ring (bicyclic) bond motifs is 1. The van der Waals surface area contributed by atoms with Gasteiger partial charge in [0.2, 0.25) is 0 Å². The number of thiophene rings is 1. The zero-order valence-corrected chi connectivity index (χ0v) is 16.5. The van der Waals surface area contributed by atoms with E-state index in [2.05, 4.69) is 20.0 Å². The maximum atomic E-state index is 12.7. The fraction of sp³-hybridized carbons (Fsp3) is 0.238. The van der Waals surface area contributed by atoms with E-state index in [0.29, 0.717) is 26.2 Å². The van der Waals surface area contributed by atoms with Gasteiger partial charge >= 0.3 is 0 Å². The zero-order valence-electron chi connectivity index (χ0n) is 15.6. The average Bonchev–Trinajstić information content (AvgIpc) is 3.45. The number of carbonyl (C=O) groups excluding carboxylic acids is 1. The van der Waals surface area contributed by atoms with Crippen LogP contribution < -0.4 is 4.90 Å². The summed E-state index contributed by atoms with van der Waals surface area (Å²) in [5.74, 6) is 0.926. The number of anilines is 1. The molecule has 0 unspecified atom stereocenters. The van der Waals surface area contributed by atoms with Crippen LogP contribution in [-0.2, 0) is 4.74 Å². The smallest absolute Gasteiger partial charge is 0.174 e. The van der Waals surface area contributed by atoms with Gasteiger partial charge in [0.15, 0.2) is 11.4 Å². The standard InChI is InChI=1S/C21H19N5O2S/c27-18(19-7-4-10-29-19)11-16-13-28-9-8-25(16)20-17-12-24-26(21(17)23-14-22-20)15-5-2-1-3-6-15/h1-7,10,12,14,16H,8-9,11,13H2/t16-/m0/s1. The van der Waals surface area contributed by atoms with Crippen LogP contribution in [0.25, 0.3) is 16.7 Å². The quantitative estimate of drug-likeness (QED) is 0.474. The van der Waals surface area contributed by atoms with Gasteiger partial charge in [-0.05, 0) is 23.6 Å². The van der Waals surface area contributed by atoms with Crippen molar-refractivity contribution in [3.8, 4) is 5.69 Å². The van der Waals surface area contributed by atoms with Gasteiger partial charge in [0.25, 0.3) is 0 Å². The Labute approximate surface area is 171 Å². The molecule has 0 N–H and O–H groups in total. The fourth-order valence-corrected chi connectivity index (χ4v) is 4.35. The van der Waals surface area contributed by atoms with Gasteiger partial charge in [0.05, 0.1) is 41.4 Å². The highest BCUT2D eigenvalue weighted by molar-refractivity contribution is 7.12. The van der Waals surface area contributed by atoms with Crippen LogP contribution in [0.5, 0.6) is 0 Å². The molecule has 5 rings (SSSR count). The van der Waals surface area contributed by atoms with Gasteiger partial charge in [-0.15, -0.1) is 11.3 Å². The van der Waals surface area contributed by atoms with E-state index < -0.39 is 0 Å². The molecular weight excluding hydrogens is 386 g/mol. The number of ketones is 1. The summed E-state index contributed by atoms with van der Waals surface area (Å²) in [6, 6.07) is 13.6. The van der Waals surface area contributed by atoms with Gasteiger partial charge in [-0.3, -0.25) is 4.79 Å². The van der Waals surface area contributed by atoms with Crippen molar-refractivity contribution in [1.82, 2.24) is 19.7 Å². The zero-order chi connectivity index (χ0) is 19.6. The predicted molar refractivity (Wildman–Crippen MR) is 112 cm³/mol. The SMILES string of the molecule is O=C(C[C@H]1COCCN1c1ncnc2c1cnn2-c1ccccc1)c1cccs1. The monoisotopic (exact) mass is 405 g/mol. The molecule has 1 saturated heterocycles. The van der Waals surface area contributed by atoms with Gasteiger partial charge in [0, 0.05) is 13.0 Å². The molecule has 29 heavy (non-hydrogen) atoms. The number of carbonyl (C=O) groups is 1. The molecule has 4 aromatic rings. The molecule has 1 aliphatic rings. The van der Waals surface area contributed by atoms with Crippen molar-refractivity contribution < 1.29 is 9.53 Å². The van der Waals surface area contributed by atoms with E-state index in [9.17, 15) is 4.79 Å². The lowest BCUT2D eigenvalue weighted by atomic mass is 10.1. The molecule has 7 nitrogen and oxygen atoms in total. The molecule has 0 spiro atoms. The highest BCUT2D eigenvalue weighted by Gasteiger charge is 2.29. The molecule has 1 aromatic carbocycles. The van der Waals surface area contributed by atoms with E-state index >= 15 is 0 Å². The lowest BCUT2D eigenvalue weighted by Gasteiger charge is -2.36. The Morgan fingerprint density at radius 2 is 2.07 bits per heavy atom. The van der Waals surface area contributed by atoms with Crippen LogP contribution in [0.15, 0.2) is 60.4 Å². The molecule has 3 aromatic heterocycles. The molecule has 8 heteroatoms. The van der Waals surface area contributed by atoms with E-state index in [1.54, 1.807) is 12.5 Å². The topological polar surface area (TPSA) is 73.1 Å². The van der Waals surface area contributed by atoms with Crippen molar-refractivity contribution in [2.24, 2.45) is 0 Å². The summed E-state index contributed by atoms with van der Waals surface area (Å²) in [5, 5.41) is 7.33. The number of Topliss-reactive ketones (excluding diaryl/α,β-unsaturated/α-hetero) is 1. The van der Waals surface area contributed by atoms with E-state index in [0.717, 1.165) is 27.4 Å². The molecule has 0 bridgehead atoms. The maximum absolute atomic E-state index is 12.7. The Morgan fingerprint density at radius 3 is 2.90 bits per heavy atom. The third kappa shape index (κ3) is 3.41. The second-order valence-electron chi connectivity index (χ2n) is 6.85. The predicted octanol–water partition coefficient (Wildman–Crippen LogP) is 3.36. The number of benzene rings is 1. The lowest BCUT2D eigenvalue weighted by Crippen LogP contribution is -2.47. The van der Waals surface area contributed by atoms with Crippen molar-refractivity contribution in [2.75, 3.05) is 24.7 Å². The molecule has 0 aliphatic carbocycles. The van der Waals surface area contributed by atoms with Crippen LogP contribution in [0.1, 0.15) is 16.1 Å². The highest BCUT2D eigenvalue weighted by Crippen LogP contribution is 2.28. The molecule has 1 fully saturated rings. The summed E-state index contributed by atoms with van der Waals surface area (Å²) in [4.78, 5) is 24.6. The molecule has 146 valence electrons. The number of hydrogen-bond donors (Lipinski definition) is 0. The number of rotatable bonds is 5. The summed E-state index contributed by atoms with van der Waals surface area (Å²) in [5.41, 5.74) is 1.69. The summed E-state index contributed by atoms with van der Waals surface area (Å²) in [7, 11) is 0. The average molecular weight is 405 g/mol. The molecule has 4 heterocycles. The van der Waals surface area contributed by atoms with Gasteiger partial charge < -0.3 is 9.64 Å². The van der Waals surface area contributed by atoms with Crippen LogP contribution in [0.3, 0.4) is 0 Å². The third-order valence-electron chi connectivity index (χ3n) is 5.06. The number of hydrogen-bond acceptors (Lipinski definition) is 7. The van der Waals surface area contributed by atoms with Crippen molar-refractivity contribution in [2.45, 2.75) is 12.5 Å². The molecule has 0 amide bonds. The van der Waals surface area contributed by atoms with E-state index in [1.807, 2.05) is 52.5 Å². The number of aromatic nitrogens is 4. The van der Waals surface area contributed by atoms with E-state index in [-0.39, 0.29) is 11.8 Å². The molecule has 0 radical (unpaired) electrons. The Bertz CT molecular complexity index is 1130. The second-order valence-corrected chi connectivity index (χ2v) is 7.80. The van der Waals surface area contributed by atoms with Crippen molar-refractivity contribution in [3.63, 3.8) is 0 Å². The Balaban J connectivity index is 1.50. The fourth-order valence-electron chi connectivity index (χ4n) is 3.67. The lowest BCUT2D eigenvalue weighted by molar-refractivity contribution is 0.0793. The van der Waals surface area contributed by atoms with Crippen LogP contribution in [-0.4, -0.2) is 51.3 Å². The van der Waals surface area contributed by atoms with E-state index in [4.69, 9.17) is 4.74 Å². The first-order valence-corrected chi connectivity index (χ1v) is 10.3. The molecule has 1 atom stereocenters. The van der Waals surface area contributed by atoms with Gasteiger partial charge in [-0.25, -0.2) is 14.6 Å². The van der Waals surface area contributed by atoms with Crippen LogP contribution >= 0.6 is 11.3 Å². The number of nitrogens with zero attached hydrogens (tertiary/aromatic N) is 5. The summed E-state index contributed by atoms with van der Waals surface area (Å²) < 4.78 is 7.50. The largest absolute Gasteiger partial charge is 0.377 e. The first kappa shape index (κ1) is 18.0. The first-order valence-electron chi connectivity index (χ1n) is 9.46. The minimum Gasteiger partial charge on any atom is -0.377 e. The third-order valence-corrected chi connectivity index (χ3v) is 5.97. The summed E-state index contributed by atoms with van der Waals surface area (Å²) in [6.07, 6.45) is 3.75. The minimum absolute atomic E-state index is 0.0727.